The molecule has 0 radical (unpaired) electrons. The molecule has 6 heteroatoms. The predicted molar refractivity (Wildman–Crippen MR) is 81.5 cm³/mol. The molecule has 1 aromatic carbocycles. The van der Waals surface area contributed by atoms with Gasteiger partial charge in [-0.2, -0.15) is 0 Å². The molecule has 1 aliphatic heterocycles. The van der Waals surface area contributed by atoms with Crippen LogP contribution < -0.4 is 11.5 Å². The zero-order valence-electron chi connectivity index (χ0n) is 11.9. The Morgan fingerprint density at radius 2 is 1.95 bits per heavy atom. The molecule has 0 bridgehead atoms. The Kier molecular flexibility index (Phi) is 3.62. The molecule has 1 aliphatic rings. The maximum absolute atomic E-state index is 14.1. The molecule has 0 spiro atoms. The van der Waals surface area contributed by atoms with Crippen LogP contribution in [0.4, 0.5) is 10.1 Å². The van der Waals surface area contributed by atoms with Gasteiger partial charge in [0, 0.05) is 27.8 Å². The van der Waals surface area contributed by atoms with E-state index in [1.165, 1.54) is 12.1 Å². The van der Waals surface area contributed by atoms with Crippen molar-refractivity contribution in [2.75, 3.05) is 11.5 Å². The lowest BCUT2D eigenvalue weighted by Crippen LogP contribution is -2.42. The summed E-state index contributed by atoms with van der Waals surface area (Å²) in [5.41, 5.74) is 11.8. The average Bonchev–Trinajstić information content (AvgIpc) is 2.44. The van der Waals surface area contributed by atoms with Gasteiger partial charge in [-0.3, -0.25) is 9.20 Å². The summed E-state index contributed by atoms with van der Waals surface area (Å²) in [7, 11) is -1.14. The monoisotopic (exact) mass is 297 g/mol. The molecule has 4 N–H and O–H groups in total. The van der Waals surface area contributed by atoms with E-state index >= 15 is 0 Å². The zero-order chi connectivity index (χ0) is 15.1. The molecule has 1 heterocycles. The first kappa shape index (κ1) is 15.0. The maximum atomic E-state index is 14.1. The summed E-state index contributed by atoms with van der Waals surface area (Å²) < 4.78 is 25.7. The van der Waals surface area contributed by atoms with Crippen molar-refractivity contribution in [3.8, 4) is 0 Å². The van der Waals surface area contributed by atoms with Gasteiger partial charge in [0.25, 0.3) is 0 Å². The lowest BCUT2D eigenvalue weighted by atomic mass is 9.89. The summed E-state index contributed by atoms with van der Waals surface area (Å²) in [5.74, 6) is 0.337. The Balaban J connectivity index is 2.57. The first-order chi connectivity index (χ1) is 9.17. The highest BCUT2D eigenvalue weighted by molar-refractivity contribution is 7.87. The van der Waals surface area contributed by atoms with Crippen LogP contribution in [0, 0.1) is 5.82 Å². The number of amidine groups is 1. The minimum absolute atomic E-state index is 0.289. The quantitative estimate of drug-likeness (QED) is 0.777. The fraction of sp³-hybridized carbons (Fsp3) is 0.500. The standard InChI is InChI=1S/C14H20FN3OS/c1-13(2)12(17)18-14(3,6-7-20(13)19)10-8-9(16)4-5-11(10)15/h4-5,8H,6-7,16H2,1-3H3,(H2,17,18)/t14-,20?/m0/s1. The summed E-state index contributed by atoms with van der Waals surface area (Å²) in [6.45, 7) is 5.39. The van der Waals surface area contributed by atoms with Gasteiger partial charge in [0.2, 0.25) is 0 Å². The molecule has 20 heavy (non-hydrogen) atoms. The third kappa shape index (κ3) is 2.44. The second-order valence-corrected chi connectivity index (χ2v) is 7.94. The van der Waals surface area contributed by atoms with E-state index in [9.17, 15) is 8.60 Å². The number of aliphatic imine (C=N–C) groups is 1. The van der Waals surface area contributed by atoms with E-state index in [4.69, 9.17) is 11.5 Å². The largest absolute Gasteiger partial charge is 0.399 e. The van der Waals surface area contributed by atoms with E-state index in [-0.39, 0.29) is 11.7 Å². The van der Waals surface area contributed by atoms with Crippen LogP contribution >= 0.6 is 0 Å². The van der Waals surface area contributed by atoms with Crippen LogP contribution in [-0.4, -0.2) is 20.5 Å². The molecular weight excluding hydrogens is 277 g/mol. The zero-order valence-corrected chi connectivity index (χ0v) is 12.8. The van der Waals surface area contributed by atoms with Crippen molar-refractivity contribution in [2.45, 2.75) is 37.5 Å². The Morgan fingerprint density at radius 3 is 2.60 bits per heavy atom. The van der Waals surface area contributed by atoms with Crippen LogP contribution in [-0.2, 0) is 16.3 Å². The number of anilines is 1. The number of nitrogens with two attached hydrogens (primary N) is 2. The molecule has 0 amide bonds. The molecule has 4 nitrogen and oxygen atoms in total. The van der Waals surface area contributed by atoms with Crippen molar-refractivity contribution in [1.29, 1.82) is 0 Å². The number of hydrogen-bond acceptors (Lipinski definition) is 4. The second-order valence-electron chi connectivity index (χ2n) is 5.82. The number of rotatable bonds is 1. The third-order valence-electron chi connectivity index (χ3n) is 3.90. The highest BCUT2D eigenvalue weighted by atomic mass is 32.2. The topological polar surface area (TPSA) is 81.5 Å². The summed E-state index contributed by atoms with van der Waals surface area (Å²) in [5, 5.41) is 0. The summed E-state index contributed by atoms with van der Waals surface area (Å²) in [6, 6.07) is 4.41. The van der Waals surface area contributed by atoms with Crippen LogP contribution in [0.5, 0.6) is 0 Å². The van der Waals surface area contributed by atoms with Gasteiger partial charge < -0.3 is 11.5 Å². The third-order valence-corrected chi connectivity index (χ3v) is 5.82. The SMILES string of the molecule is CC1(C)C(N)=N[C@](C)(c2cc(N)ccc2F)CCS1=O. The summed E-state index contributed by atoms with van der Waals surface area (Å²) in [6.07, 6.45) is 0.462. The normalized spacial score (nSPS) is 29.6. The molecule has 0 fully saturated rings. The van der Waals surface area contributed by atoms with Crippen molar-refractivity contribution >= 4 is 22.3 Å². The highest BCUT2D eigenvalue weighted by Gasteiger charge is 2.40. The molecular formula is C14H20FN3OS. The van der Waals surface area contributed by atoms with E-state index in [0.717, 1.165) is 0 Å². The van der Waals surface area contributed by atoms with Crippen molar-refractivity contribution in [2.24, 2.45) is 10.7 Å². The predicted octanol–water partition coefficient (Wildman–Crippen LogP) is 1.91. The molecule has 1 aromatic rings. The van der Waals surface area contributed by atoms with Crippen LogP contribution in [0.1, 0.15) is 32.8 Å². The number of benzene rings is 1. The van der Waals surface area contributed by atoms with Gasteiger partial charge in [0.1, 0.15) is 11.7 Å². The lowest BCUT2D eigenvalue weighted by Gasteiger charge is -2.26. The number of hydrogen-bond donors (Lipinski definition) is 2. The molecule has 0 saturated carbocycles. The van der Waals surface area contributed by atoms with Gasteiger partial charge in [-0.05, 0) is 45.4 Å². The van der Waals surface area contributed by atoms with Crippen LogP contribution in [0.25, 0.3) is 0 Å². The minimum atomic E-state index is -1.14. The van der Waals surface area contributed by atoms with Gasteiger partial charge in [0.05, 0.1) is 10.3 Å². The van der Waals surface area contributed by atoms with Crippen molar-refractivity contribution in [3.63, 3.8) is 0 Å². The Bertz CT molecular complexity index is 600. The Hall–Kier alpha value is -1.43. The Labute approximate surface area is 120 Å². The maximum Gasteiger partial charge on any atom is 0.128 e. The van der Waals surface area contributed by atoms with Crippen LogP contribution in [0.2, 0.25) is 0 Å². The number of nitrogens with zero attached hydrogens (tertiary/aromatic N) is 1. The molecule has 2 atom stereocenters. The summed E-state index contributed by atoms with van der Waals surface area (Å²) >= 11 is 0. The Morgan fingerprint density at radius 1 is 1.30 bits per heavy atom. The molecule has 0 aliphatic carbocycles. The molecule has 0 saturated heterocycles. The van der Waals surface area contributed by atoms with Crippen molar-refractivity contribution in [1.82, 2.24) is 0 Å². The van der Waals surface area contributed by atoms with E-state index in [0.29, 0.717) is 23.4 Å². The first-order valence-corrected chi connectivity index (χ1v) is 7.78. The smallest absolute Gasteiger partial charge is 0.128 e. The minimum Gasteiger partial charge on any atom is -0.399 e. The van der Waals surface area contributed by atoms with Gasteiger partial charge in [-0.1, -0.05) is 0 Å². The van der Waals surface area contributed by atoms with Gasteiger partial charge in [0.15, 0.2) is 0 Å². The molecule has 2 rings (SSSR count). The van der Waals surface area contributed by atoms with E-state index in [2.05, 4.69) is 4.99 Å². The second kappa shape index (κ2) is 4.84. The molecule has 1 unspecified atom stereocenters. The van der Waals surface area contributed by atoms with Crippen molar-refractivity contribution in [3.05, 3.63) is 29.6 Å². The van der Waals surface area contributed by atoms with Crippen LogP contribution in [0.15, 0.2) is 23.2 Å². The number of halogens is 1. The fourth-order valence-electron chi connectivity index (χ4n) is 2.27. The highest BCUT2D eigenvalue weighted by Crippen LogP contribution is 2.36. The van der Waals surface area contributed by atoms with Crippen molar-refractivity contribution < 1.29 is 8.60 Å². The van der Waals surface area contributed by atoms with E-state index in [1.807, 2.05) is 0 Å². The van der Waals surface area contributed by atoms with Gasteiger partial charge in [-0.25, -0.2) is 4.39 Å². The molecule has 0 aromatic heterocycles. The van der Waals surface area contributed by atoms with Gasteiger partial charge in [-0.15, -0.1) is 0 Å². The van der Waals surface area contributed by atoms with E-state index < -0.39 is 21.1 Å². The van der Waals surface area contributed by atoms with Gasteiger partial charge >= 0.3 is 0 Å². The molecule has 110 valence electrons. The van der Waals surface area contributed by atoms with Crippen LogP contribution in [0.3, 0.4) is 0 Å². The number of nitrogen functional groups attached to an aromatic ring is 1. The fourth-order valence-corrected chi connectivity index (χ4v) is 3.64. The lowest BCUT2D eigenvalue weighted by molar-refractivity contribution is 0.452. The summed E-state index contributed by atoms with van der Waals surface area (Å²) in [4.78, 5) is 4.49. The first-order valence-electron chi connectivity index (χ1n) is 6.46. The average molecular weight is 297 g/mol. The van der Waals surface area contributed by atoms with E-state index in [1.54, 1.807) is 26.8 Å².